The molecule has 1 aliphatic heterocycles. The summed E-state index contributed by atoms with van der Waals surface area (Å²) in [6.45, 7) is -0.846. The maximum Gasteiger partial charge on any atom is 1.00 e. The van der Waals surface area contributed by atoms with Crippen LogP contribution in [-0.4, -0.2) is 40.1 Å². The second kappa shape index (κ2) is 8.23. The molecule has 0 bridgehead atoms. The molecule has 1 rings (SSSR count). The maximum absolute atomic E-state index is 10.9. The number of phosphoric ester groups is 1. The Morgan fingerprint density at radius 2 is 1.94 bits per heavy atom. The predicted molar refractivity (Wildman–Crippen MR) is 41.3 cm³/mol. The first-order valence-corrected chi connectivity index (χ1v) is 5.37. The minimum Gasteiger partial charge on any atom is -0.780 e. The third-order valence-corrected chi connectivity index (χ3v) is 2.07. The Labute approximate surface area is 146 Å². The van der Waals surface area contributed by atoms with Crippen molar-refractivity contribution in [3.63, 3.8) is 0 Å². The van der Waals surface area contributed by atoms with Crippen LogP contribution >= 0.6 is 7.82 Å². The number of hydrogen-bond donors (Lipinski definition) is 3. The van der Waals surface area contributed by atoms with Gasteiger partial charge in [0.1, 0.15) is 13.9 Å². The van der Waals surface area contributed by atoms with Crippen molar-refractivity contribution < 1.29 is 103 Å². The molecule has 0 aromatic heterocycles. The zero-order valence-electron chi connectivity index (χ0n) is 9.60. The van der Waals surface area contributed by atoms with E-state index in [1.54, 1.807) is 0 Å². The topological polar surface area (TPSA) is 159 Å². The first-order chi connectivity index (χ1) is 7.26. The van der Waals surface area contributed by atoms with E-state index in [2.05, 4.69) is 9.26 Å². The van der Waals surface area contributed by atoms with Crippen LogP contribution < -0.4 is 68.9 Å². The summed E-state index contributed by atoms with van der Waals surface area (Å²) in [7, 11) is -5.52. The number of aliphatic hydroxyl groups is 3. The van der Waals surface area contributed by atoms with Crippen molar-refractivity contribution in [1.82, 2.24) is 0 Å². The molecule has 3 N–H and O–H groups in total. The van der Waals surface area contributed by atoms with Gasteiger partial charge in [-0.3, -0.25) is 0 Å². The van der Waals surface area contributed by atoms with E-state index in [1.165, 1.54) is 0 Å². The van der Waals surface area contributed by atoms with Crippen LogP contribution in [0.25, 0.3) is 0 Å². The fraction of sp³-hybridized carbons (Fsp3) is 0.500. The van der Waals surface area contributed by atoms with Gasteiger partial charge in [-0.05, 0) is 0 Å². The van der Waals surface area contributed by atoms with Gasteiger partial charge in [-0.15, -0.1) is 0 Å². The Morgan fingerprint density at radius 3 is 2.33 bits per heavy atom. The van der Waals surface area contributed by atoms with E-state index in [9.17, 15) is 24.3 Å². The van der Waals surface area contributed by atoms with Gasteiger partial charge in [-0.2, -0.15) is 0 Å². The van der Waals surface area contributed by atoms with Gasteiger partial charge in [-0.25, -0.2) is 4.79 Å². The summed E-state index contributed by atoms with van der Waals surface area (Å²) in [6.07, 6.45) is -3.30. The average molecular weight is 300 g/mol. The molecule has 18 heavy (non-hydrogen) atoms. The molecule has 0 unspecified atom stereocenters. The SMILES string of the molecule is O=C1O[C@H]([C@@H](O)CO)C(O)=C1OP(=O)([O-])[O-].[Na+].[Na+]. The average Bonchev–Trinajstić information content (AvgIpc) is 2.42. The Balaban J connectivity index is 0. The monoisotopic (exact) mass is 300 g/mol. The third kappa shape index (κ3) is 5.48. The molecule has 0 radical (unpaired) electrons. The molecule has 0 aliphatic carbocycles. The molecular weight excluding hydrogens is 293 g/mol. The van der Waals surface area contributed by atoms with Gasteiger partial charge in [0.25, 0.3) is 5.76 Å². The number of hydrogen-bond acceptors (Lipinski definition) is 9. The Kier molecular flexibility index (Phi) is 9.69. The van der Waals surface area contributed by atoms with Gasteiger partial charge in [0.15, 0.2) is 11.9 Å². The molecule has 1 aliphatic rings. The van der Waals surface area contributed by atoms with Gasteiger partial charge in [0.2, 0.25) is 0 Å². The van der Waals surface area contributed by atoms with Crippen molar-refractivity contribution in [3.8, 4) is 0 Å². The molecular formula is C6H7Na2O9P. The molecule has 1 heterocycles. The molecule has 0 amide bonds. The fourth-order valence-electron chi connectivity index (χ4n) is 1.01. The number of cyclic esters (lactones) is 1. The van der Waals surface area contributed by atoms with Crippen LogP contribution in [0.15, 0.2) is 11.5 Å². The normalized spacial score (nSPS) is 20.7. The molecule has 0 saturated heterocycles. The minimum absolute atomic E-state index is 0. The van der Waals surface area contributed by atoms with Crippen LogP contribution in [0.4, 0.5) is 0 Å². The van der Waals surface area contributed by atoms with E-state index in [4.69, 9.17) is 10.2 Å². The molecule has 9 nitrogen and oxygen atoms in total. The molecule has 2 atom stereocenters. The van der Waals surface area contributed by atoms with E-state index < -0.39 is 44.1 Å². The van der Waals surface area contributed by atoms with E-state index in [1.807, 2.05) is 0 Å². The van der Waals surface area contributed by atoms with Crippen LogP contribution in [0, 0.1) is 0 Å². The smallest absolute Gasteiger partial charge is 0.780 e. The minimum atomic E-state index is -5.52. The van der Waals surface area contributed by atoms with Gasteiger partial charge < -0.3 is 38.9 Å². The predicted octanol–water partition coefficient (Wildman–Crippen LogP) is -9.11. The quantitative estimate of drug-likeness (QED) is 0.260. The molecule has 0 spiro atoms. The molecule has 92 valence electrons. The van der Waals surface area contributed by atoms with E-state index >= 15 is 0 Å². The zero-order chi connectivity index (χ0) is 12.5. The largest absolute Gasteiger partial charge is 1.00 e. The first kappa shape index (κ1) is 21.2. The van der Waals surface area contributed by atoms with Gasteiger partial charge in [-0.1, -0.05) is 0 Å². The molecule has 12 heteroatoms. The van der Waals surface area contributed by atoms with Crippen molar-refractivity contribution in [2.45, 2.75) is 12.2 Å². The van der Waals surface area contributed by atoms with Crippen LogP contribution in [0.2, 0.25) is 0 Å². The number of rotatable bonds is 4. The van der Waals surface area contributed by atoms with E-state index in [0.29, 0.717) is 0 Å². The van der Waals surface area contributed by atoms with Crippen LogP contribution in [0.1, 0.15) is 0 Å². The number of carbonyl (C=O) groups is 1. The van der Waals surface area contributed by atoms with Gasteiger partial charge >= 0.3 is 65.1 Å². The Morgan fingerprint density at radius 1 is 1.44 bits per heavy atom. The Hall–Kier alpha value is 0.880. The molecule has 0 saturated carbocycles. The Bertz CT molecular complexity index is 377. The maximum atomic E-state index is 10.9. The first-order valence-electron chi connectivity index (χ1n) is 3.91. The van der Waals surface area contributed by atoms with Gasteiger partial charge in [0, 0.05) is 0 Å². The van der Waals surface area contributed by atoms with Crippen molar-refractivity contribution in [1.29, 1.82) is 0 Å². The number of aliphatic hydroxyl groups excluding tert-OH is 3. The van der Waals surface area contributed by atoms with Crippen LogP contribution in [0.3, 0.4) is 0 Å². The second-order valence-electron chi connectivity index (χ2n) is 2.83. The molecule has 0 fully saturated rings. The number of phosphoric acid groups is 1. The standard InChI is InChI=1S/C6H9O9P.2Na/c7-1-2(8)4-3(9)5(6(10)14-4)15-16(11,12)13;;/h2,4,7-9H,1H2,(H2,11,12,13);;/q;2*+1/p-2/t2-,4+;;/m0../s1. The summed E-state index contributed by atoms with van der Waals surface area (Å²) in [5.41, 5.74) is 0. The zero-order valence-corrected chi connectivity index (χ0v) is 14.5. The summed E-state index contributed by atoms with van der Waals surface area (Å²) in [6, 6.07) is 0. The van der Waals surface area contributed by atoms with E-state index in [-0.39, 0.29) is 59.1 Å². The van der Waals surface area contributed by atoms with Gasteiger partial charge in [0.05, 0.1) is 6.61 Å². The van der Waals surface area contributed by atoms with Crippen molar-refractivity contribution >= 4 is 13.8 Å². The fourth-order valence-corrected chi connectivity index (χ4v) is 1.40. The third-order valence-electron chi connectivity index (χ3n) is 1.66. The number of ether oxygens (including phenoxy) is 1. The van der Waals surface area contributed by atoms with Crippen molar-refractivity contribution in [2.24, 2.45) is 0 Å². The summed E-state index contributed by atoms with van der Waals surface area (Å²) < 4.78 is 18.2. The summed E-state index contributed by atoms with van der Waals surface area (Å²) in [5.74, 6) is -3.67. The second-order valence-corrected chi connectivity index (χ2v) is 3.91. The van der Waals surface area contributed by atoms with Crippen molar-refractivity contribution in [3.05, 3.63) is 11.5 Å². The molecule has 0 aromatic carbocycles. The van der Waals surface area contributed by atoms with Crippen LogP contribution in [-0.2, 0) is 18.6 Å². The number of carbonyl (C=O) groups excluding carboxylic acids is 1. The summed E-state index contributed by atoms with van der Waals surface area (Å²) in [4.78, 5) is 31.4. The molecule has 0 aromatic rings. The number of esters is 1. The van der Waals surface area contributed by atoms with Crippen LogP contribution in [0.5, 0.6) is 0 Å². The summed E-state index contributed by atoms with van der Waals surface area (Å²) >= 11 is 0. The van der Waals surface area contributed by atoms with E-state index in [0.717, 1.165) is 0 Å². The van der Waals surface area contributed by atoms with Crippen molar-refractivity contribution in [2.75, 3.05) is 6.61 Å². The summed E-state index contributed by atoms with van der Waals surface area (Å²) in [5, 5.41) is 26.8.